The van der Waals surface area contributed by atoms with E-state index in [-0.39, 0.29) is 24.2 Å². The number of nitrogens with two attached hydrogens (primary N) is 1. The van der Waals surface area contributed by atoms with Crippen molar-refractivity contribution in [3.63, 3.8) is 0 Å². The van der Waals surface area contributed by atoms with Crippen molar-refractivity contribution in [3.05, 3.63) is 65.7 Å². The largest absolute Gasteiger partial charge is 0.489 e. The Hall–Kier alpha value is -4.61. The van der Waals surface area contributed by atoms with Crippen LogP contribution in [-0.2, 0) is 36.9 Å². The van der Waals surface area contributed by atoms with Crippen LogP contribution in [0.15, 0.2) is 54.6 Å². The fraction of sp³-hybridized carbons (Fsp3) is 0.541. The van der Waals surface area contributed by atoms with Gasteiger partial charge in [0.25, 0.3) is 0 Å². The lowest BCUT2D eigenvalue weighted by Gasteiger charge is -2.31. The van der Waals surface area contributed by atoms with E-state index in [2.05, 4.69) is 16.0 Å². The predicted molar refractivity (Wildman–Crippen MR) is 186 cm³/mol. The maximum Gasteiger partial charge on any atom is 0.408 e. The first-order valence-corrected chi connectivity index (χ1v) is 17.0. The molecule has 1 aliphatic rings. The summed E-state index contributed by atoms with van der Waals surface area (Å²) in [6.07, 6.45) is 0.775. The Morgan fingerprint density at radius 2 is 1.51 bits per heavy atom. The third-order valence-corrected chi connectivity index (χ3v) is 8.05. The van der Waals surface area contributed by atoms with E-state index in [0.29, 0.717) is 38.2 Å². The average molecular weight is 680 g/mol. The van der Waals surface area contributed by atoms with Crippen molar-refractivity contribution < 1.29 is 33.4 Å². The summed E-state index contributed by atoms with van der Waals surface area (Å²) in [4.78, 5) is 67.4. The molecule has 1 fully saturated rings. The van der Waals surface area contributed by atoms with Crippen LogP contribution in [-0.4, -0.2) is 70.9 Å². The first kappa shape index (κ1) is 38.8. The summed E-state index contributed by atoms with van der Waals surface area (Å²) < 4.78 is 11.3. The van der Waals surface area contributed by atoms with Crippen molar-refractivity contribution in [2.45, 2.75) is 111 Å². The number of hydrogen-bond donors (Lipinski definition) is 4. The highest BCUT2D eigenvalue weighted by Crippen LogP contribution is 2.21. The maximum absolute atomic E-state index is 13.8. The van der Waals surface area contributed by atoms with Gasteiger partial charge in [0.05, 0.1) is 0 Å². The Kier molecular flexibility index (Phi) is 14.0. The van der Waals surface area contributed by atoms with Gasteiger partial charge in [0, 0.05) is 13.0 Å². The van der Waals surface area contributed by atoms with E-state index < -0.39 is 53.6 Å². The lowest BCUT2D eigenvalue weighted by atomic mass is 9.98. The first-order chi connectivity index (χ1) is 23.0. The van der Waals surface area contributed by atoms with Gasteiger partial charge in [-0.05, 0) is 75.1 Å². The van der Waals surface area contributed by atoms with Gasteiger partial charge in [-0.15, -0.1) is 0 Å². The second kappa shape index (κ2) is 17.7. The summed E-state index contributed by atoms with van der Waals surface area (Å²) in [5.74, 6) is -1.77. The average Bonchev–Trinajstić information content (AvgIpc) is 3.52. The predicted octanol–water partition coefficient (Wildman–Crippen LogP) is 3.85. The highest BCUT2D eigenvalue weighted by Gasteiger charge is 2.38. The number of carbonyl (C=O) groups excluding carboxylic acids is 5. The number of nitrogens with zero attached hydrogens (tertiary/aromatic N) is 1. The highest BCUT2D eigenvalue weighted by atomic mass is 16.6. The summed E-state index contributed by atoms with van der Waals surface area (Å²) in [6.45, 7) is 13.3. The van der Waals surface area contributed by atoms with Crippen molar-refractivity contribution in [2.75, 3.05) is 6.54 Å². The Labute approximate surface area is 289 Å². The SMILES string of the molecule is CC(C)C[C@@H](NC(=O)[C@H](NC(=O)[C@@H](Cc1ccc(OCc2ccccc2)cc1)NC(=O)OC(C)(C)C)C(C)C)C(=O)N1CCC[C@@H]1C(N)=O. The molecule has 5 N–H and O–H groups in total. The molecule has 1 saturated heterocycles. The van der Waals surface area contributed by atoms with E-state index in [0.717, 1.165) is 11.1 Å². The minimum atomic E-state index is -1.09. The molecule has 1 aliphatic heterocycles. The third-order valence-electron chi connectivity index (χ3n) is 8.05. The molecule has 0 bridgehead atoms. The lowest BCUT2D eigenvalue weighted by molar-refractivity contribution is -0.141. The fourth-order valence-electron chi connectivity index (χ4n) is 5.63. The molecular formula is C37H53N5O7. The Balaban J connectivity index is 1.76. The molecule has 268 valence electrons. The van der Waals surface area contributed by atoms with Crippen molar-refractivity contribution in [1.29, 1.82) is 0 Å². The molecule has 12 nitrogen and oxygen atoms in total. The monoisotopic (exact) mass is 679 g/mol. The summed E-state index contributed by atoms with van der Waals surface area (Å²) in [7, 11) is 0. The molecule has 0 unspecified atom stereocenters. The minimum absolute atomic E-state index is 0.0495. The van der Waals surface area contributed by atoms with Crippen LogP contribution in [0.25, 0.3) is 0 Å². The molecule has 4 atom stereocenters. The van der Waals surface area contributed by atoms with Gasteiger partial charge >= 0.3 is 6.09 Å². The van der Waals surface area contributed by atoms with Crippen LogP contribution in [0.2, 0.25) is 0 Å². The van der Waals surface area contributed by atoms with Crippen molar-refractivity contribution in [3.8, 4) is 5.75 Å². The number of nitrogens with one attached hydrogen (secondary N) is 3. The first-order valence-electron chi connectivity index (χ1n) is 17.0. The fourth-order valence-corrected chi connectivity index (χ4v) is 5.63. The molecule has 12 heteroatoms. The molecule has 49 heavy (non-hydrogen) atoms. The Morgan fingerprint density at radius 1 is 0.857 bits per heavy atom. The Bertz CT molecular complexity index is 1420. The van der Waals surface area contributed by atoms with Crippen LogP contribution in [0.5, 0.6) is 5.75 Å². The molecule has 0 radical (unpaired) electrons. The van der Waals surface area contributed by atoms with Gasteiger partial charge in [-0.1, -0.05) is 70.2 Å². The van der Waals surface area contributed by atoms with Gasteiger partial charge in [0.1, 0.15) is 42.1 Å². The van der Waals surface area contributed by atoms with Crippen molar-refractivity contribution in [2.24, 2.45) is 17.6 Å². The van der Waals surface area contributed by atoms with E-state index >= 15 is 0 Å². The molecule has 0 saturated carbocycles. The number of primary amides is 1. The van der Waals surface area contributed by atoms with E-state index in [1.807, 2.05) is 56.3 Å². The number of carbonyl (C=O) groups is 5. The van der Waals surface area contributed by atoms with Crippen LogP contribution >= 0.6 is 0 Å². The van der Waals surface area contributed by atoms with Crippen molar-refractivity contribution in [1.82, 2.24) is 20.9 Å². The molecule has 2 aromatic rings. The van der Waals surface area contributed by atoms with Gasteiger partial charge in [-0.25, -0.2) is 4.79 Å². The number of rotatable bonds is 15. The molecule has 0 spiro atoms. The zero-order valence-electron chi connectivity index (χ0n) is 29.8. The van der Waals surface area contributed by atoms with Crippen LogP contribution < -0.4 is 26.4 Å². The molecular weight excluding hydrogens is 626 g/mol. The quantitative estimate of drug-likeness (QED) is 0.222. The zero-order valence-corrected chi connectivity index (χ0v) is 29.8. The van der Waals surface area contributed by atoms with E-state index in [9.17, 15) is 24.0 Å². The smallest absolute Gasteiger partial charge is 0.408 e. The second-order valence-electron chi connectivity index (χ2n) is 14.3. The third kappa shape index (κ3) is 12.4. The topological polar surface area (TPSA) is 169 Å². The number of ether oxygens (including phenoxy) is 2. The summed E-state index contributed by atoms with van der Waals surface area (Å²) in [5, 5.41) is 8.31. The van der Waals surface area contributed by atoms with Crippen LogP contribution in [0.1, 0.15) is 78.9 Å². The molecule has 0 aliphatic carbocycles. The number of amides is 5. The number of likely N-dealkylation sites (tertiary alicyclic amines) is 1. The minimum Gasteiger partial charge on any atom is -0.489 e. The summed E-state index contributed by atoms with van der Waals surface area (Å²) in [5.41, 5.74) is 6.52. The van der Waals surface area contributed by atoms with Gasteiger partial charge in [0.15, 0.2) is 0 Å². The van der Waals surface area contributed by atoms with Crippen LogP contribution in [0.4, 0.5) is 4.79 Å². The van der Waals surface area contributed by atoms with E-state index in [1.165, 1.54) is 4.90 Å². The van der Waals surface area contributed by atoms with Gasteiger partial charge in [-0.3, -0.25) is 19.2 Å². The second-order valence-corrected chi connectivity index (χ2v) is 14.3. The standard InChI is InChI=1S/C37H53N5O7/c1-23(2)20-29(35(46)42-19-11-14-30(42)32(38)43)39-34(45)31(24(3)4)41-33(44)28(40-36(47)49-37(5,6)7)21-25-15-17-27(18-16-25)48-22-26-12-9-8-10-13-26/h8-10,12-13,15-18,23-24,28-31H,11,14,19-22H2,1-7H3,(H2,38,43)(H,39,45)(H,40,47)(H,41,44)/t28-,29-,30-,31-/m1/s1. The highest BCUT2D eigenvalue weighted by molar-refractivity contribution is 5.95. The summed E-state index contributed by atoms with van der Waals surface area (Å²) in [6, 6.07) is 13.2. The number of alkyl carbamates (subject to hydrolysis) is 1. The van der Waals surface area contributed by atoms with Crippen molar-refractivity contribution >= 4 is 29.7 Å². The molecule has 1 heterocycles. The van der Waals surface area contributed by atoms with Gasteiger partial charge in [0.2, 0.25) is 23.6 Å². The van der Waals surface area contributed by atoms with Crippen LogP contribution in [0, 0.1) is 11.8 Å². The molecule has 0 aromatic heterocycles. The Morgan fingerprint density at radius 3 is 2.08 bits per heavy atom. The van der Waals surface area contributed by atoms with Gasteiger partial charge in [-0.2, -0.15) is 0 Å². The van der Waals surface area contributed by atoms with E-state index in [4.69, 9.17) is 15.2 Å². The van der Waals surface area contributed by atoms with E-state index in [1.54, 1.807) is 46.8 Å². The van der Waals surface area contributed by atoms with Gasteiger partial charge < -0.3 is 36.1 Å². The normalized spacial score (nSPS) is 16.4. The molecule has 2 aromatic carbocycles. The molecule has 3 rings (SSSR count). The van der Waals surface area contributed by atoms with Crippen LogP contribution in [0.3, 0.4) is 0 Å². The number of benzene rings is 2. The maximum atomic E-state index is 13.8. The molecule has 5 amide bonds. The lowest BCUT2D eigenvalue weighted by Crippen LogP contribution is -2.59. The zero-order chi connectivity index (χ0) is 36.3. The number of hydrogen-bond acceptors (Lipinski definition) is 7. The summed E-state index contributed by atoms with van der Waals surface area (Å²) >= 11 is 0.